The molecule has 0 unspecified atom stereocenters. The van der Waals surface area contributed by atoms with Gasteiger partial charge in [0.15, 0.2) is 11.5 Å². The quantitative estimate of drug-likeness (QED) is 0.172. The third-order valence-electron chi connectivity index (χ3n) is 10.9. The molecule has 0 atom stereocenters. The number of nitrogens with zero attached hydrogens (tertiary/aromatic N) is 2. The van der Waals surface area contributed by atoms with E-state index in [1.807, 2.05) is 0 Å². The highest BCUT2D eigenvalue weighted by molar-refractivity contribution is 7.07. The number of rotatable bonds is 2. The summed E-state index contributed by atoms with van der Waals surface area (Å²) < 4.78 is 12.4. The van der Waals surface area contributed by atoms with Gasteiger partial charge in [-0.05, 0) is 56.8 Å². The number of ether oxygens (including phenoxy) is 1. The van der Waals surface area contributed by atoms with E-state index in [9.17, 15) is 0 Å². The van der Waals surface area contributed by atoms with E-state index in [4.69, 9.17) is 4.74 Å². The molecule has 0 spiro atoms. The number of para-hydroxylation sites is 6. The van der Waals surface area contributed by atoms with Gasteiger partial charge in [-0.1, -0.05) is 139 Å². The fourth-order valence-electron chi connectivity index (χ4n) is 9.56. The zero-order chi connectivity index (χ0) is 33.0. The molecule has 236 valence electrons. The summed E-state index contributed by atoms with van der Waals surface area (Å²) in [6.45, 7) is 14.8. The largest absolute Gasteiger partial charge is 0.453 e. The molecule has 0 bridgehead atoms. The molecular weight excluding hydrogens is 601 g/mol. The lowest BCUT2D eigenvalue weighted by molar-refractivity contribution is 0.477. The lowest BCUT2D eigenvalue weighted by Gasteiger charge is -2.55. The highest BCUT2D eigenvalue weighted by Crippen LogP contribution is 2.56. The predicted molar refractivity (Wildman–Crippen MR) is 206 cm³/mol. The minimum atomic E-state index is -2.64. The van der Waals surface area contributed by atoms with E-state index in [2.05, 4.69) is 184 Å². The van der Waals surface area contributed by atoms with Gasteiger partial charge in [-0.2, -0.15) is 0 Å². The molecule has 8 aromatic rings. The SMILES string of the molecule is CC(C)(C)[Si]1(C(C)(C)C)c2cccc(-n3c4ccccc4c4ccccc43)c2Oc2c(-n3c4ccccc4c4ccccc43)cccc21. The second kappa shape index (κ2) is 9.98. The second-order valence-corrected chi connectivity index (χ2v) is 21.0. The molecule has 1 aliphatic rings. The third kappa shape index (κ3) is 3.69. The number of fused-ring (bicyclic) bond motifs is 8. The standard InChI is InChI=1S/C44H40N2OSi/c1-43(2,3)48(44(4,5)6)39-27-15-25-37(45-33-21-11-7-17-29(33)30-18-8-12-22-34(30)45)41(39)47-42-38(26-16-28-40(42)48)46-35-23-13-9-19-31(35)32-20-10-14-24-36(32)46/h7-28H,1-6H3. The zero-order valence-electron chi connectivity index (χ0n) is 28.5. The minimum Gasteiger partial charge on any atom is -0.453 e. The Kier molecular flexibility index (Phi) is 6.05. The predicted octanol–water partition coefficient (Wildman–Crippen LogP) is 11.1. The Morgan fingerprint density at radius 3 is 1.02 bits per heavy atom. The van der Waals surface area contributed by atoms with Crippen LogP contribution in [-0.4, -0.2) is 17.2 Å². The highest BCUT2D eigenvalue weighted by atomic mass is 28.3. The van der Waals surface area contributed by atoms with Crippen molar-refractivity contribution in [3.63, 3.8) is 0 Å². The van der Waals surface area contributed by atoms with Gasteiger partial charge in [0.1, 0.15) is 8.07 Å². The summed E-state index contributed by atoms with van der Waals surface area (Å²) in [5, 5.41) is 7.69. The van der Waals surface area contributed by atoms with E-state index in [1.165, 1.54) is 54.0 Å². The van der Waals surface area contributed by atoms with E-state index in [-0.39, 0.29) is 10.1 Å². The Bertz CT molecular complexity index is 2290. The maximum Gasteiger partial charge on any atom is 0.151 e. The average Bonchev–Trinajstić information content (AvgIpc) is 3.59. The van der Waals surface area contributed by atoms with Crippen LogP contribution in [-0.2, 0) is 0 Å². The number of hydrogen-bond donors (Lipinski definition) is 0. The maximum absolute atomic E-state index is 7.52. The van der Waals surface area contributed by atoms with E-state index in [0.717, 1.165) is 22.9 Å². The smallest absolute Gasteiger partial charge is 0.151 e. The van der Waals surface area contributed by atoms with E-state index in [0.29, 0.717) is 0 Å². The van der Waals surface area contributed by atoms with Crippen LogP contribution < -0.4 is 15.1 Å². The molecule has 0 radical (unpaired) electrons. The van der Waals surface area contributed by atoms with Gasteiger partial charge >= 0.3 is 0 Å². The summed E-state index contributed by atoms with van der Waals surface area (Å²) in [5.41, 5.74) is 6.95. The van der Waals surface area contributed by atoms with Crippen molar-refractivity contribution in [2.24, 2.45) is 0 Å². The molecule has 6 aromatic carbocycles. The van der Waals surface area contributed by atoms with Crippen LogP contribution >= 0.6 is 0 Å². The van der Waals surface area contributed by atoms with E-state index in [1.54, 1.807) is 0 Å². The Balaban J connectivity index is 1.44. The molecule has 2 aromatic heterocycles. The molecular formula is C44H40N2OSi. The average molecular weight is 641 g/mol. The first-order valence-corrected chi connectivity index (χ1v) is 19.0. The van der Waals surface area contributed by atoms with Gasteiger partial charge in [0, 0.05) is 21.5 Å². The molecule has 48 heavy (non-hydrogen) atoms. The third-order valence-corrected chi connectivity index (χ3v) is 17.8. The molecule has 3 nitrogen and oxygen atoms in total. The second-order valence-electron chi connectivity index (χ2n) is 15.4. The van der Waals surface area contributed by atoms with Crippen LogP contribution in [0.1, 0.15) is 41.5 Å². The molecule has 0 saturated heterocycles. The summed E-state index contributed by atoms with van der Waals surface area (Å²) in [5.74, 6) is 1.97. The number of benzene rings is 6. The molecule has 0 N–H and O–H groups in total. The van der Waals surface area contributed by atoms with Crippen LogP contribution in [0.4, 0.5) is 0 Å². The van der Waals surface area contributed by atoms with Crippen LogP contribution in [0.3, 0.4) is 0 Å². The van der Waals surface area contributed by atoms with Crippen molar-refractivity contribution in [1.29, 1.82) is 0 Å². The first-order valence-electron chi connectivity index (χ1n) is 17.0. The lowest BCUT2D eigenvalue weighted by Crippen LogP contribution is -2.71. The monoisotopic (exact) mass is 640 g/mol. The maximum atomic E-state index is 7.52. The van der Waals surface area contributed by atoms with Gasteiger partial charge in [0.2, 0.25) is 0 Å². The van der Waals surface area contributed by atoms with Crippen LogP contribution in [0, 0.1) is 0 Å². The van der Waals surface area contributed by atoms with Crippen molar-refractivity contribution >= 4 is 62.1 Å². The van der Waals surface area contributed by atoms with Crippen LogP contribution in [0.2, 0.25) is 10.1 Å². The molecule has 3 heterocycles. The first kappa shape index (κ1) is 29.1. The normalized spacial score (nSPS) is 14.4. The Morgan fingerprint density at radius 2 is 0.708 bits per heavy atom. The summed E-state index contributed by atoms with van der Waals surface area (Å²) >= 11 is 0. The summed E-state index contributed by atoms with van der Waals surface area (Å²) in [4.78, 5) is 0. The minimum absolute atomic E-state index is 0.0303. The van der Waals surface area contributed by atoms with Gasteiger partial charge < -0.3 is 13.9 Å². The Morgan fingerprint density at radius 1 is 0.396 bits per heavy atom. The van der Waals surface area contributed by atoms with Crippen LogP contribution in [0.5, 0.6) is 11.5 Å². The van der Waals surface area contributed by atoms with Crippen molar-refractivity contribution in [2.45, 2.75) is 51.6 Å². The molecule has 0 amide bonds. The van der Waals surface area contributed by atoms with Gasteiger partial charge in [0.05, 0.1) is 33.4 Å². The number of hydrogen-bond acceptors (Lipinski definition) is 1. The van der Waals surface area contributed by atoms with Gasteiger partial charge in [-0.15, -0.1) is 0 Å². The Hall–Kier alpha value is -5.06. The molecule has 0 fully saturated rings. The van der Waals surface area contributed by atoms with Crippen molar-refractivity contribution < 1.29 is 4.74 Å². The van der Waals surface area contributed by atoms with Gasteiger partial charge in [-0.3, -0.25) is 0 Å². The summed E-state index contributed by atoms with van der Waals surface area (Å²) in [6.07, 6.45) is 0. The van der Waals surface area contributed by atoms with Crippen LogP contribution in [0.25, 0.3) is 55.0 Å². The topological polar surface area (TPSA) is 19.1 Å². The molecule has 1 aliphatic heterocycles. The van der Waals surface area contributed by atoms with E-state index >= 15 is 0 Å². The zero-order valence-corrected chi connectivity index (χ0v) is 29.5. The number of aromatic nitrogens is 2. The van der Waals surface area contributed by atoms with Gasteiger partial charge in [0.25, 0.3) is 0 Å². The molecule has 0 aliphatic carbocycles. The highest BCUT2D eigenvalue weighted by Gasteiger charge is 2.60. The Labute approximate surface area is 283 Å². The first-order chi connectivity index (χ1) is 23.1. The molecule has 9 rings (SSSR count). The fourth-order valence-corrected chi connectivity index (χ4v) is 17.1. The van der Waals surface area contributed by atoms with Crippen molar-refractivity contribution in [3.8, 4) is 22.9 Å². The fraction of sp³-hybridized carbons (Fsp3) is 0.182. The molecule has 4 heteroatoms. The van der Waals surface area contributed by atoms with Crippen molar-refractivity contribution in [1.82, 2.24) is 9.13 Å². The van der Waals surface area contributed by atoms with Gasteiger partial charge in [-0.25, -0.2) is 0 Å². The lowest BCUT2D eigenvalue weighted by atomic mass is 10.2. The van der Waals surface area contributed by atoms with Crippen LogP contribution in [0.15, 0.2) is 133 Å². The van der Waals surface area contributed by atoms with E-state index < -0.39 is 8.07 Å². The van der Waals surface area contributed by atoms with Crippen molar-refractivity contribution in [3.05, 3.63) is 133 Å². The summed E-state index contributed by atoms with van der Waals surface area (Å²) in [7, 11) is -2.64. The molecule has 0 saturated carbocycles. The van der Waals surface area contributed by atoms with Crippen molar-refractivity contribution in [2.75, 3.05) is 0 Å². The summed E-state index contributed by atoms with van der Waals surface area (Å²) in [6, 6.07) is 48.9.